The number of sulfonamides is 1. The summed E-state index contributed by atoms with van der Waals surface area (Å²) < 4.78 is 38.6. The molecule has 1 saturated heterocycles. The molecule has 1 aliphatic carbocycles. The molecule has 2 amide bonds. The van der Waals surface area contributed by atoms with Crippen LogP contribution in [0.5, 0.6) is 5.75 Å². The minimum Gasteiger partial charge on any atom is -0.495 e. The van der Waals surface area contributed by atoms with E-state index in [-0.39, 0.29) is 41.5 Å². The van der Waals surface area contributed by atoms with Gasteiger partial charge in [0.15, 0.2) is 0 Å². The smallest absolute Gasteiger partial charge is 0.306 e. The standard InChI is InChI=1S/C33H40N4O7S/c1-32(2,3)44-29(38)13-12-27(30(35)39)37-20-25-21(6-5-7-24(25)31(37)40)8-9-22-19-33(22)14-16-36(17-15-33)45(41,42)23-10-11-26(34)28(18-23)43-4/h5-7,10-11,18,22,27H,12-17,19-20,34H2,1-4H3,(H2,35,39)/t22-,27-/m0/s1. The fourth-order valence-corrected chi connectivity index (χ4v) is 7.72. The summed E-state index contributed by atoms with van der Waals surface area (Å²) in [6, 6.07) is 8.86. The van der Waals surface area contributed by atoms with Crippen molar-refractivity contribution in [3.8, 4) is 17.6 Å². The second-order valence-corrected chi connectivity index (χ2v) is 14.9. The maximum atomic E-state index is 13.3. The highest BCUT2D eigenvalue weighted by Crippen LogP contribution is 2.59. The number of piperidine rings is 1. The van der Waals surface area contributed by atoms with Crippen LogP contribution < -0.4 is 16.2 Å². The molecule has 4 N–H and O–H groups in total. The number of rotatable bonds is 8. The molecule has 1 saturated carbocycles. The zero-order valence-corrected chi connectivity index (χ0v) is 26.9. The Bertz CT molecular complexity index is 1700. The van der Waals surface area contributed by atoms with E-state index in [9.17, 15) is 22.8 Å². The first-order valence-electron chi connectivity index (χ1n) is 15.0. The third-order valence-corrected chi connectivity index (χ3v) is 10.8. The van der Waals surface area contributed by atoms with E-state index in [1.165, 1.54) is 34.5 Å². The molecule has 0 unspecified atom stereocenters. The number of primary amides is 1. The number of benzene rings is 2. The molecular weight excluding hydrogens is 596 g/mol. The number of anilines is 1. The summed E-state index contributed by atoms with van der Waals surface area (Å²) in [4.78, 5) is 39.5. The first kappa shape index (κ1) is 32.3. The van der Waals surface area contributed by atoms with Gasteiger partial charge in [0.25, 0.3) is 5.91 Å². The molecule has 11 nitrogen and oxygen atoms in total. The van der Waals surface area contributed by atoms with Gasteiger partial charge in [0.05, 0.1) is 17.7 Å². The first-order valence-corrected chi connectivity index (χ1v) is 16.5. The lowest BCUT2D eigenvalue weighted by Crippen LogP contribution is -2.45. The van der Waals surface area contributed by atoms with E-state index in [0.717, 1.165) is 12.0 Å². The van der Waals surface area contributed by atoms with Gasteiger partial charge in [0.1, 0.15) is 17.4 Å². The zero-order valence-electron chi connectivity index (χ0n) is 26.1. The van der Waals surface area contributed by atoms with Crippen molar-refractivity contribution in [3.63, 3.8) is 0 Å². The van der Waals surface area contributed by atoms with Crippen molar-refractivity contribution >= 4 is 33.5 Å². The normalized spacial score (nSPS) is 19.8. The molecule has 0 aromatic heterocycles. The van der Waals surface area contributed by atoms with Gasteiger partial charge in [-0.05, 0) is 81.7 Å². The molecule has 2 fully saturated rings. The molecule has 2 atom stereocenters. The highest BCUT2D eigenvalue weighted by Gasteiger charge is 2.55. The average molecular weight is 637 g/mol. The van der Waals surface area contributed by atoms with E-state index in [1.54, 1.807) is 32.9 Å². The summed E-state index contributed by atoms with van der Waals surface area (Å²) in [6.07, 6.45) is 2.31. The van der Waals surface area contributed by atoms with Crippen molar-refractivity contribution in [1.82, 2.24) is 9.21 Å². The lowest BCUT2D eigenvalue weighted by molar-refractivity contribution is -0.155. The second kappa shape index (κ2) is 12.0. The van der Waals surface area contributed by atoms with Crippen molar-refractivity contribution in [2.45, 2.75) is 76.0 Å². The van der Waals surface area contributed by atoms with E-state index < -0.39 is 33.5 Å². The molecule has 2 aromatic carbocycles. The topological polar surface area (TPSA) is 162 Å². The number of amides is 2. The third kappa shape index (κ3) is 6.65. The van der Waals surface area contributed by atoms with Crippen molar-refractivity contribution < 1.29 is 32.3 Å². The van der Waals surface area contributed by atoms with Gasteiger partial charge in [0.2, 0.25) is 15.9 Å². The molecule has 12 heteroatoms. The number of nitrogen functional groups attached to an aromatic ring is 1. The fraction of sp³-hybridized carbons (Fsp3) is 0.485. The van der Waals surface area contributed by atoms with Gasteiger partial charge in [0, 0.05) is 49.2 Å². The molecule has 2 aliphatic heterocycles. The molecule has 45 heavy (non-hydrogen) atoms. The van der Waals surface area contributed by atoms with Gasteiger partial charge < -0.3 is 25.8 Å². The highest BCUT2D eigenvalue weighted by molar-refractivity contribution is 7.89. The maximum Gasteiger partial charge on any atom is 0.306 e. The molecule has 240 valence electrons. The molecule has 2 heterocycles. The Hall–Kier alpha value is -4.08. The number of esters is 1. The molecule has 2 aromatic rings. The Morgan fingerprint density at radius 2 is 1.87 bits per heavy atom. The number of nitrogens with two attached hydrogens (primary N) is 2. The quantitative estimate of drug-likeness (QED) is 0.254. The van der Waals surface area contributed by atoms with E-state index in [4.69, 9.17) is 20.9 Å². The minimum absolute atomic E-state index is 0.0314. The Balaban J connectivity index is 1.24. The Labute approximate surface area is 264 Å². The summed E-state index contributed by atoms with van der Waals surface area (Å²) in [6.45, 7) is 6.25. The molecule has 5 rings (SSSR count). The summed E-state index contributed by atoms with van der Waals surface area (Å²) in [5.74, 6) is 5.63. The van der Waals surface area contributed by atoms with Crippen LogP contribution in [0, 0.1) is 23.2 Å². The summed E-state index contributed by atoms with van der Waals surface area (Å²) in [5, 5.41) is 0. The molecular formula is C33H40N4O7S. The van der Waals surface area contributed by atoms with Gasteiger partial charge in [-0.15, -0.1) is 0 Å². The Kier molecular flexibility index (Phi) is 8.63. The SMILES string of the molecule is COc1cc(S(=O)(=O)N2CCC3(CC2)C[C@@H]3C#Cc2cccc3c2CN([C@@H](CCC(=O)OC(C)(C)C)C(N)=O)C3=O)ccc1N. The summed E-state index contributed by atoms with van der Waals surface area (Å²) >= 11 is 0. The number of carbonyl (C=O) groups is 3. The predicted octanol–water partition coefficient (Wildman–Crippen LogP) is 3.05. The maximum absolute atomic E-state index is 13.3. The van der Waals surface area contributed by atoms with E-state index in [1.807, 2.05) is 6.07 Å². The van der Waals surface area contributed by atoms with Gasteiger partial charge in [-0.2, -0.15) is 4.31 Å². The van der Waals surface area contributed by atoms with Gasteiger partial charge in [-0.1, -0.05) is 17.9 Å². The van der Waals surface area contributed by atoms with Crippen molar-refractivity contribution in [2.75, 3.05) is 25.9 Å². The van der Waals surface area contributed by atoms with Crippen molar-refractivity contribution in [1.29, 1.82) is 0 Å². The van der Waals surface area contributed by atoms with Crippen LogP contribution in [0.4, 0.5) is 5.69 Å². The van der Waals surface area contributed by atoms with Crippen LogP contribution in [0.1, 0.15) is 74.4 Å². The average Bonchev–Trinajstić information content (AvgIpc) is 3.53. The third-order valence-electron chi connectivity index (χ3n) is 8.87. The van der Waals surface area contributed by atoms with Crippen LogP contribution in [0.25, 0.3) is 0 Å². The first-order chi connectivity index (χ1) is 21.1. The number of nitrogens with zero attached hydrogens (tertiary/aromatic N) is 2. The number of ether oxygens (including phenoxy) is 2. The van der Waals surface area contributed by atoms with E-state index in [2.05, 4.69) is 11.8 Å². The van der Waals surface area contributed by atoms with Gasteiger partial charge in [-0.25, -0.2) is 8.42 Å². The molecule has 0 radical (unpaired) electrons. The van der Waals surface area contributed by atoms with Crippen LogP contribution in [-0.2, 0) is 30.9 Å². The van der Waals surface area contributed by atoms with Crippen LogP contribution in [0.3, 0.4) is 0 Å². The Morgan fingerprint density at radius 1 is 1.16 bits per heavy atom. The monoisotopic (exact) mass is 636 g/mol. The number of methoxy groups -OCH3 is 1. The summed E-state index contributed by atoms with van der Waals surface area (Å²) in [5.41, 5.74) is 13.1. The van der Waals surface area contributed by atoms with Crippen LogP contribution in [-0.4, -0.2) is 67.2 Å². The largest absolute Gasteiger partial charge is 0.495 e. The van der Waals surface area contributed by atoms with Gasteiger partial charge in [-0.3, -0.25) is 14.4 Å². The lowest BCUT2D eigenvalue weighted by atomic mass is 9.92. The molecule has 3 aliphatic rings. The Morgan fingerprint density at radius 3 is 2.51 bits per heavy atom. The number of fused-ring (bicyclic) bond motifs is 1. The van der Waals surface area contributed by atoms with E-state index in [0.29, 0.717) is 48.5 Å². The minimum atomic E-state index is -3.69. The zero-order chi connectivity index (χ0) is 32.7. The van der Waals surface area contributed by atoms with Crippen molar-refractivity contribution in [3.05, 3.63) is 53.1 Å². The van der Waals surface area contributed by atoms with Crippen LogP contribution >= 0.6 is 0 Å². The van der Waals surface area contributed by atoms with Crippen LogP contribution in [0.15, 0.2) is 41.3 Å². The molecule has 1 spiro atoms. The number of hydrogen-bond acceptors (Lipinski definition) is 8. The summed E-state index contributed by atoms with van der Waals surface area (Å²) in [7, 11) is -2.24. The van der Waals surface area contributed by atoms with Crippen molar-refractivity contribution in [2.24, 2.45) is 17.1 Å². The second-order valence-electron chi connectivity index (χ2n) is 13.0. The lowest BCUT2D eigenvalue weighted by Gasteiger charge is -2.31. The van der Waals surface area contributed by atoms with Crippen LogP contribution in [0.2, 0.25) is 0 Å². The molecule has 0 bridgehead atoms. The highest BCUT2D eigenvalue weighted by atomic mass is 32.2. The number of carbonyl (C=O) groups excluding carboxylic acids is 3. The fourth-order valence-electron chi connectivity index (χ4n) is 6.26. The number of hydrogen-bond donors (Lipinski definition) is 2. The van der Waals surface area contributed by atoms with E-state index >= 15 is 0 Å². The predicted molar refractivity (Wildman–Crippen MR) is 167 cm³/mol. The van der Waals surface area contributed by atoms with Gasteiger partial charge >= 0.3 is 5.97 Å².